The number of carboxylic acids is 1. The largest absolute Gasteiger partial charge is 0.489 e. The third-order valence-corrected chi connectivity index (χ3v) is 1.75. The topological polar surface area (TPSA) is 46.5 Å². The molecule has 3 nitrogen and oxygen atoms in total. The van der Waals surface area contributed by atoms with Crippen LogP contribution in [-0.4, -0.2) is 17.7 Å². The monoisotopic (exact) mass is 248 g/mol. The number of halogens is 2. The predicted octanol–water partition coefficient (Wildman–Crippen LogP) is 2.78. The molecule has 0 atom stereocenters. The molecule has 1 N–H and O–H groups in total. The van der Waals surface area contributed by atoms with Crippen molar-refractivity contribution in [3.05, 3.63) is 41.4 Å². The standard InChI is InChI=1S/C10H9ClO3.ClH/c1-7(10(12)13)6-14-9-4-2-3-8(11)5-9;/h2-5H,1,6H2,(H,12,13);1H. The van der Waals surface area contributed by atoms with Gasteiger partial charge in [0.15, 0.2) is 0 Å². The van der Waals surface area contributed by atoms with Gasteiger partial charge in [0.2, 0.25) is 0 Å². The van der Waals surface area contributed by atoms with Gasteiger partial charge in [-0.2, -0.15) is 0 Å². The molecule has 0 amide bonds. The van der Waals surface area contributed by atoms with E-state index >= 15 is 0 Å². The fourth-order valence-corrected chi connectivity index (χ4v) is 0.969. The molecule has 0 aliphatic rings. The molecule has 5 heteroatoms. The number of carbonyl (C=O) groups is 1. The number of carboxylic acid groups (broad SMARTS) is 1. The number of benzene rings is 1. The van der Waals surface area contributed by atoms with Crippen LogP contribution in [0.25, 0.3) is 0 Å². The molecule has 1 rings (SSSR count). The Bertz CT molecular complexity index is 363. The number of hydrogen-bond donors (Lipinski definition) is 1. The van der Waals surface area contributed by atoms with Gasteiger partial charge < -0.3 is 9.84 Å². The van der Waals surface area contributed by atoms with E-state index in [0.29, 0.717) is 10.8 Å². The molecule has 1 aromatic carbocycles. The Morgan fingerprint density at radius 3 is 2.73 bits per heavy atom. The van der Waals surface area contributed by atoms with Crippen LogP contribution in [0.15, 0.2) is 36.4 Å². The fourth-order valence-electron chi connectivity index (χ4n) is 0.789. The highest BCUT2D eigenvalue weighted by Crippen LogP contribution is 2.17. The number of ether oxygens (including phenoxy) is 1. The van der Waals surface area contributed by atoms with Gasteiger partial charge >= 0.3 is 5.97 Å². The Labute approximate surface area is 98.7 Å². The van der Waals surface area contributed by atoms with Crippen molar-refractivity contribution >= 4 is 30.0 Å². The SMILES string of the molecule is C=C(COc1cccc(Cl)c1)C(=O)O.Cl. The molecule has 0 fully saturated rings. The first kappa shape index (κ1) is 13.8. The fraction of sp³-hybridized carbons (Fsp3) is 0.100. The summed E-state index contributed by atoms with van der Waals surface area (Å²) in [6.45, 7) is 3.29. The summed E-state index contributed by atoms with van der Waals surface area (Å²) in [6.07, 6.45) is 0. The highest BCUT2D eigenvalue weighted by atomic mass is 35.5. The van der Waals surface area contributed by atoms with Crippen LogP contribution in [0.2, 0.25) is 5.02 Å². The van der Waals surface area contributed by atoms with Gasteiger partial charge in [-0.15, -0.1) is 12.4 Å². The zero-order valence-electron chi connectivity index (χ0n) is 7.77. The molecule has 0 heterocycles. The van der Waals surface area contributed by atoms with Crippen LogP contribution in [0, 0.1) is 0 Å². The van der Waals surface area contributed by atoms with Gasteiger partial charge in [-0.1, -0.05) is 24.2 Å². The van der Waals surface area contributed by atoms with Crippen molar-refractivity contribution in [3.63, 3.8) is 0 Å². The van der Waals surface area contributed by atoms with Crippen molar-refractivity contribution in [1.29, 1.82) is 0 Å². The summed E-state index contributed by atoms with van der Waals surface area (Å²) < 4.78 is 5.15. The average molecular weight is 249 g/mol. The maximum Gasteiger partial charge on any atom is 0.334 e. The molecular formula is C10H10Cl2O3. The van der Waals surface area contributed by atoms with E-state index in [1.165, 1.54) is 0 Å². The summed E-state index contributed by atoms with van der Waals surface area (Å²) in [6, 6.07) is 6.74. The van der Waals surface area contributed by atoms with Gasteiger partial charge in [0, 0.05) is 5.02 Å². The Hall–Kier alpha value is -1.19. The molecular weight excluding hydrogens is 239 g/mol. The first-order chi connectivity index (χ1) is 6.59. The second kappa shape index (κ2) is 6.32. The second-order valence-electron chi connectivity index (χ2n) is 2.65. The lowest BCUT2D eigenvalue weighted by Gasteiger charge is -2.05. The predicted molar refractivity (Wildman–Crippen MR) is 61.0 cm³/mol. The Kier molecular flexibility index (Phi) is 5.82. The van der Waals surface area contributed by atoms with Crippen molar-refractivity contribution in [2.24, 2.45) is 0 Å². The number of hydrogen-bond acceptors (Lipinski definition) is 2. The van der Waals surface area contributed by atoms with Crippen molar-refractivity contribution < 1.29 is 14.6 Å². The van der Waals surface area contributed by atoms with Crippen LogP contribution in [0.3, 0.4) is 0 Å². The molecule has 0 bridgehead atoms. The van der Waals surface area contributed by atoms with Crippen LogP contribution in [0.5, 0.6) is 5.75 Å². The van der Waals surface area contributed by atoms with Crippen molar-refractivity contribution in [3.8, 4) is 5.75 Å². The summed E-state index contributed by atoms with van der Waals surface area (Å²) in [5, 5.41) is 9.05. The van der Waals surface area contributed by atoms with E-state index in [1.807, 2.05) is 0 Å². The van der Waals surface area contributed by atoms with Gasteiger partial charge in [0.1, 0.15) is 12.4 Å². The molecule has 1 aromatic rings. The lowest BCUT2D eigenvalue weighted by molar-refractivity contribution is -0.133. The van der Waals surface area contributed by atoms with E-state index in [4.69, 9.17) is 21.4 Å². The minimum absolute atomic E-state index is 0. The minimum atomic E-state index is -1.06. The first-order valence-corrected chi connectivity index (χ1v) is 4.27. The maximum absolute atomic E-state index is 10.4. The van der Waals surface area contributed by atoms with Crippen molar-refractivity contribution in [2.45, 2.75) is 0 Å². The van der Waals surface area contributed by atoms with Gasteiger partial charge in [-0.25, -0.2) is 4.79 Å². The van der Waals surface area contributed by atoms with Gasteiger partial charge in [-0.3, -0.25) is 0 Å². The highest BCUT2D eigenvalue weighted by Gasteiger charge is 2.04. The van der Waals surface area contributed by atoms with E-state index in [2.05, 4.69) is 6.58 Å². The van der Waals surface area contributed by atoms with Crippen molar-refractivity contribution in [2.75, 3.05) is 6.61 Å². The summed E-state index contributed by atoms with van der Waals surface area (Å²) in [7, 11) is 0. The quantitative estimate of drug-likeness (QED) is 0.834. The molecule has 0 radical (unpaired) electrons. The lowest BCUT2D eigenvalue weighted by atomic mass is 10.3. The van der Waals surface area contributed by atoms with E-state index < -0.39 is 5.97 Å². The molecule has 0 saturated heterocycles. The van der Waals surface area contributed by atoms with E-state index in [1.54, 1.807) is 24.3 Å². The maximum atomic E-state index is 10.4. The van der Waals surface area contributed by atoms with Crippen LogP contribution >= 0.6 is 24.0 Å². The molecule has 15 heavy (non-hydrogen) atoms. The normalized spacial score (nSPS) is 8.87. The summed E-state index contributed by atoms with van der Waals surface area (Å²) in [5.41, 5.74) is 0.00461. The Morgan fingerprint density at radius 1 is 1.53 bits per heavy atom. The minimum Gasteiger partial charge on any atom is -0.489 e. The first-order valence-electron chi connectivity index (χ1n) is 3.89. The van der Waals surface area contributed by atoms with E-state index in [-0.39, 0.29) is 24.6 Å². The summed E-state index contributed by atoms with van der Waals surface area (Å²) >= 11 is 5.70. The molecule has 0 unspecified atom stereocenters. The Balaban J connectivity index is 0.00000196. The van der Waals surface area contributed by atoms with Crippen LogP contribution < -0.4 is 4.74 Å². The summed E-state index contributed by atoms with van der Waals surface area (Å²) in [5.74, 6) is -0.535. The molecule has 0 aliphatic carbocycles. The highest BCUT2D eigenvalue weighted by molar-refractivity contribution is 6.30. The van der Waals surface area contributed by atoms with Gasteiger partial charge in [0.05, 0.1) is 5.57 Å². The van der Waals surface area contributed by atoms with Crippen LogP contribution in [0.4, 0.5) is 0 Å². The van der Waals surface area contributed by atoms with Gasteiger partial charge in [-0.05, 0) is 18.2 Å². The number of aliphatic carboxylic acids is 1. The molecule has 0 aromatic heterocycles. The zero-order valence-corrected chi connectivity index (χ0v) is 9.35. The van der Waals surface area contributed by atoms with E-state index in [9.17, 15) is 4.79 Å². The molecule has 0 aliphatic heterocycles. The lowest BCUT2D eigenvalue weighted by Crippen LogP contribution is -2.08. The third kappa shape index (κ3) is 4.72. The average Bonchev–Trinajstić information content (AvgIpc) is 2.14. The molecule has 82 valence electrons. The second-order valence-corrected chi connectivity index (χ2v) is 3.09. The third-order valence-electron chi connectivity index (χ3n) is 1.51. The molecule has 0 spiro atoms. The number of rotatable bonds is 4. The smallest absolute Gasteiger partial charge is 0.334 e. The summed E-state index contributed by atoms with van der Waals surface area (Å²) in [4.78, 5) is 10.4. The van der Waals surface area contributed by atoms with Crippen molar-refractivity contribution in [1.82, 2.24) is 0 Å². The van der Waals surface area contributed by atoms with Crippen LogP contribution in [-0.2, 0) is 4.79 Å². The van der Waals surface area contributed by atoms with E-state index in [0.717, 1.165) is 0 Å². The Morgan fingerprint density at radius 2 is 2.20 bits per heavy atom. The van der Waals surface area contributed by atoms with Crippen LogP contribution in [0.1, 0.15) is 0 Å². The molecule has 0 saturated carbocycles. The zero-order chi connectivity index (χ0) is 10.6. The van der Waals surface area contributed by atoms with Gasteiger partial charge in [0.25, 0.3) is 0 Å².